The fourth-order valence-electron chi connectivity index (χ4n) is 2.31. The lowest BCUT2D eigenvalue weighted by Gasteiger charge is -2.36. The molecule has 0 aliphatic carbocycles. The molecule has 1 aromatic rings. The van der Waals surface area contributed by atoms with Gasteiger partial charge in [0.2, 0.25) is 0 Å². The summed E-state index contributed by atoms with van der Waals surface area (Å²) in [7, 11) is 0. The number of hydrogen-bond donors (Lipinski definition) is 1. The fourth-order valence-corrected chi connectivity index (χ4v) is 2.60. The highest BCUT2D eigenvalue weighted by Crippen LogP contribution is 2.25. The average Bonchev–Trinajstić information content (AvgIpc) is 2.32. The maximum Gasteiger partial charge on any atom is 0.254 e. The van der Waals surface area contributed by atoms with Gasteiger partial charge < -0.3 is 10.6 Å². The zero-order valence-electron chi connectivity index (χ0n) is 10.2. The summed E-state index contributed by atoms with van der Waals surface area (Å²) in [5.41, 5.74) is 6.47. The van der Waals surface area contributed by atoms with Gasteiger partial charge in [0.15, 0.2) is 0 Å². The number of amides is 1. The molecular formula is C13H16Cl2N2O. The average molecular weight is 287 g/mol. The molecule has 2 N–H and O–H groups in total. The first-order valence-electron chi connectivity index (χ1n) is 6.00. The molecule has 1 aliphatic rings. The van der Waals surface area contributed by atoms with E-state index in [1.54, 1.807) is 18.2 Å². The lowest BCUT2D eigenvalue weighted by atomic mass is 9.98. The highest BCUT2D eigenvalue weighted by molar-refractivity contribution is 6.42. The Bertz CT molecular complexity index is 464. The quantitative estimate of drug-likeness (QED) is 0.863. The van der Waals surface area contributed by atoms with Gasteiger partial charge in [0.25, 0.3) is 5.91 Å². The molecule has 1 fully saturated rings. The predicted octanol–water partition coefficient (Wildman–Crippen LogP) is 2.95. The van der Waals surface area contributed by atoms with E-state index in [0.717, 1.165) is 12.8 Å². The standard InChI is InChI=1S/C13H16Cl2N2O/c1-8-6-10(16)4-5-17(8)13(18)9-2-3-11(14)12(15)7-9/h2-3,7-8,10H,4-6,16H2,1H3. The highest BCUT2D eigenvalue weighted by atomic mass is 35.5. The molecule has 0 saturated carbocycles. The number of nitrogens with zero attached hydrogens (tertiary/aromatic N) is 1. The molecule has 2 unspecified atom stereocenters. The van der Waals surface area contributed by atoms with Gasteiger partial charge in [0.1, 0.15) is 0 Å². The first-order chi connectivity index (χ1) is 8.49. The van der Waals surface area contributed by atoms with Gasteiger partial charge >= 0.3 is 0 Å². The van der Waals surface area contributed by atoms with Crippen molar-refractivity contribution in [3.63, 3.8) is 0 Å². The molecule has 0 aromatic heterocycles. The minimum atomic E-state index is -0.00651. The van der Waals surface area contributed by atoms with Crippen LogP contribution in [-0.4, -0.2) is 29.4 Å². The largest absolute Gasteiger partial charge is 0.336 e. The maximum absolute atomic E-state index is 12.4. The van der Waals surface area contributed by atoms with Crippen LogP contribution < -0.4 is 5.73 Å². The van der Waals surface area contributed by atoms with Gasteiger partial charge in [-0.25, -0.2) is 0 Å². The minimum Gasteiger partial charge on any atom is -0.336 e. The van der Waals surface area contributed by atoms with E-state index in [1.807, 2.05) is 11.8 Å². The van der Waals surface area contributed by atoms with Gasteiger partial charge in [-0.15, -0.1) is 0 Å². The van der Waals surface area contributed by atoms with Crippen molar-refractivity contribution >= 4 is 29.1 Å². The lowest BCUT2D eigenvalue weighted by Crippen LogP contribution is -2.48. The van der Waals surface area contributed by atoms with Crippen molar-refractivity contribution < 1.29 is 4.79 Å². The number of nitrogens with two attached hydrogens (primary N) is 1. The Morgan fingerprint density at radius 2 is 2.11 bits per heavy atom. The van der Waals surface area contributed by atoms with Crippen molar-refractivity contribution in [3.05, 3.63) is 33.8 Å². The summed E-state index contributed by atoms with van der Waals surface area (Å²) in [5.74, 6) is -0.00651. The van der Waals surface area contributed by atoms with Crippen LogP contribution in [0.3, 0.4) is 0 Å². The second kappa shape index (κ2) is 5.47. The van der Waals surface area contributed by atoms with Crippen molar-refractivity contribution in [3.8, 4) is 0 Å². The lowest BCUT2D eigenvalue weighted by molar-refractivity contribution is 0.0619. The zero-order valence-corrected chi connectivity index (χ0v) is 11.7. The molecule has 2 atom stereocenters. The van der Waals surface area contributed by atoms with Crippen LogP contribution in [0.5, 0.6) is 0 Å². The zero-order chi connectivity index (χ0) is 13.3. The first kappa shape index (κ1) is 13.7. The van der Waals surface area contributed by atoms with Crippen LogP contribution in [0.1, 0.15) is 30.1 Å². The van der Waals surface area contributed by atoms with Crippen LogP contribution in [0.4, 0.5) is 0 Å². The van der Waals surface area contributed by atoms with E-state index < -0.39 is 0 Å². The van der Waals surface area contributed by atoms with Crippen molar-refractivity contribution in [2.75, 3.05) is 6.54 Å². The Hall–Kier alpha value is -0.770. The number of carbonyl (C=O) groups excluding carboxylic acids is 1. The molecule has 0 bridgehead atoms. The summed E-state index contributed by atoms with van der Waals surface area (Å²) < 4.78 is 0. The molecular weight excluding hydrogens is 271 g/mol. The summed E-state index contributed by atoms with van der Waals surface area (Å²) in [6.07, 6.45) is 1.68. The number of carbonyl (C=O) groups is 1. The van der Waals surface area contributed by atoms with E-state index in [0.29, 0.717) is 22.2 Å². The van der Waals surface area contributed by atoms with E-state index in [1.165, 1.54) is 0 Å². The highest BCUT2D eigenvalue weighted by Gasteiger charge is 2.27. The Balaban J connectivity index is 2.18. The van der Waals surface area contributed by atoms with Gasteiger partial charge in [-0.3, -0.25) is 4.79 Å². The fraction of sp³-hybridized carbons (Fsp3) is 0.462. The van der Waals surface area contributed by atoms with Crippen LogP contribution in [0, 0.1) is 0 Å². The van der Waals surface area contributed by atoms with Gasteiger partial charge in [-0.05, 0) is 38.0 Å². The molecule has 1 amide bonds. The van der Waals surface area contributed by atoms with Gasteiger partial charge in [0, 0.05) is 24.2 Å². The molecule has 2 rings (SSSR count). The summed E-state index contributed by atoms with van der Waals surface area (Å²) in [6.45, 7) is 2.72. The van der Waals surface area contributed by atoms with Crippen molar-refractivity contribution in [2.24, 2.45) is 5.73 Å². The predicted molar refractivity (Wildman–Crippen MR) is 74.2 cm³/mol. The second-order valence-corrected chi connectivity index (χ2v) is 5.58. The molecule has 98 valence electrons. The third kappa shape index (κ3) is 2.79. The molecule has 1 heterocycles. The van der Waals surface area contributed by atoms with E-state index >= 15 is 0 Å². The number of rotatable bonds is 1. The molecule has 5 heteroatoms. The van der Waals surface area contributed by atoms with E-state index in [-0.39, 0.29) is 18.0 Å². The summed E-state index contributed by atoms with van der Waals surface area (Å²) in [4.78, 5) is 14.2. The van der Waals surface area contributed by atoms with Crippen LogP contribution >= 0.6 is 23.2 Å². The van der Waals surface area contributed by atoms with Gasteiger partial charge in [-0.1, -0.05) is 23.2 Å². The Morgan fingerprint density at radius 3 is 2.72 bits per heavy atom. The number of halogens is 2. The van der Waals surface area contributed by atoms with Crippen molar-refractivity contribution in [1.29, 1.82) is 0 Å². The molecule has 1 saturated heterocycles. The number of hydrogen-bond acceptors (Lipinski definition) is 2. The molecule has 1 aliphatic heterocycles. The number of benzene rings is 1. The molecule has 0 radical (unpaired) electrons. The summed E-state index contributed by atoms with van der Waals surface area (Å²) in [5, 5.41) is 0.866. The minimum absolute atomic E-state index is 0.00651. The normalized spacial score (nSPS) is 24.1. The van der Waals surface area contributed by atoms with Crippen molar-refractivity contribution in [1.82, 2.24) is 4.90 Å². The summed E-state index contributed by atoms with van der Waals surface area (Å²) >= 11 is 11.8. The van der Waals surface area contributed by atoms with Crippen molar-refractivity contribution in [2.45, 2.75) is 31.8 Å². The Kier molecular flexibility index (Phi) is 4.15. The molecule has 3 nitrogen and oxygen atoms in total. The van der Waals surface area contributed by atoms with E-state index in [9.17, 15) is 4.79 Å². The molecule has 18 heavy (non-hydrogen) atoms. The summed E-state index contributed by atoms with van der Waals surface area (Å²) in [6, 6.07) is 5.33. The van der Waals surface area contributed by atoms with Crippen LogP contribution in [0.25, 0.3) is 0 Å². The van der Waals surface area contributed by atoms with E-state index in [2.05, 4.69) is 0 Å². The van der Waals surface area contributed by atoms with Crippen LogP contribution in [-0.2, 0) is 0 Å². The van der Waals surface area contributed by atoms with E-state index in [4.69, 9.17) is 28.9 Å². The second-order valence-electron chi connectivity index (χ2n) is 4.76. The smallest absolute Gasteiger partial charge is 0.254 e. The van der Waals surface area contributed by atoms with Crippen LogP contribution in [0.2, 0.25) is 10.0 Å². The SMILES string of the molecule is CC1CC(N)CCN1C(=O)c1ccc(Cl)c(Cl)c1. The van der Waals surface area contributed by atoms with Gasteiger partial charge in [-0.2, -0.15) is 0 Å². The number of likely N-dealkylation sites (tertiary alicyclic amines) is 1. The molecule has 0 spiro atoms. The first-order valence-corrected chi connectivity index (χ1v) is 6.76. The maximum atomic E-state index is 12.4. The van der Waals surface area contributed by atoms with Gasteiger partial charge in [0.05, 0.1) is 10.0 Å². The van der Waals surface area contributed by atoms with Crippen LogP contribution in [0.15, 0.2) is 18.2 Å². The number of piperidine rings is 1. The Labute approximate surface area is 117 Å². The topological polar surface area (TPSA) is 46.3 Å². The molecule has 1 aromatic carbocycles. The Morgan fingerprint density at radius 1 is 1.39 bits per heavy atom. The third-order valence-electron chi connectivity index (χ3n) is 3.34. The third-order valence-corrected chi connectivity index (χ3v) is 4.08. The monoisotopic (exact) mass is 286 g/mol.